The third-order valence-electron chi connectivity index (χ3n) is 4.33. The number of fused-ring (bicyclic) bond motifs is 1. The van der Waals surface area contributed by atoms with Gasteiger partial charge in [0.2, 0.25) is 6.08 Å². The van der Waals surface area contributed by atoms with Gasteiger partial charge < -0.3 is 4.57 Å². The molecule has 0 unspecified atom stereocenters. The summed E-state index contributed by atoms with van der Waals surface area (Å²) in [5, 5.41) is 0. The van der Waals surface area contributed by atoms with E-state index in [1.54, 1.807) is 6.08 Å². The molecule has 0 radical (unpaired) electrons. The molecule has 4 heteroatoms. The standard InChI is InChI=1S/C15H17N3O/c1-11-17-13-6-5-12(9-14(13)18(11)2)15(16-10-19)7-3-4-8-15/h5-6,9H,3-4,7-8H2,1-2H3. The zero-order chi connectivity index (χ0) is 13.5. The van der Waals surface area contributed by atoms with Gasteiger partial charge in [-0.2, -0.15) is 4.99 Å². The Morgan fingerprint density at radius 2 is 2.11 bits per heavy atom. The minimum atomic E-state index is -0.353. The molecule has 0 atom stereocenters. The molecule has 1 saturated carbocycles. The number of hydrogen-bond donors (Lipinski definition) is 0. The van der Waals surface area contributed by atoms with Gasteiger partial charge in [-0.3, -0.25) is 0 Å². The van der Waals surface area contributed by atoms with Crippen LogP contribution in [0.4, 0.5) is 0 Å². The van der Waals surface area contributed by atoms with Gasteiger partial charge in [0.1, 0.15) is 5.82 Å². The number of imidazole rings is 1. The molecular formula is C15H17N3O. The fourth-order valence-corrected chi connectivity index (χ4v) is 3.11. The molecule has 1 aromatic heterocycles. The van der Waals surface area contributed by atoms with E-state index in [9.17, 15) is 4.79 Å². The first-order valence-electron chi connectivity index (χ1n) is 6.69. The minimum absolute atomic E-state index is 0.353. The molecule has 0 amide bonds. The normalized spacial score (nSPS) is 17.6. The molecule has 1 heterocycles. The summed E-state index contributed by atoms with van der Waals surface area (Å²) in [5.74, 6) is 0.992. The number of aliphatic imine (C=N–C) groups is 1. The summed E-state index contributed by atoms with van der Waals surface area (Å²) < 4.78 is 2.08. The van der Waals surface area contributed by atoms with Crippen LogP contribution in [-0.4, -0.2) is 15.6 Å². The average Bonchev–Trinajstić information content (AvgIpc) is 2.98. The lowest BCUT2D eigenvalue weighted by Crippen LogP contribution is -2.18. The third kappa shape index (κ3) is 1.80. The number of nitrogens with zero attached hydrogens (tertiary/aromatic N) is 3. The molecule has 4 nitrogen and oxygen atoms in total. The Bertz CT molecular complexity index is 674. The van der Waals surface area contributed by atoms with Crippen molar-refractivity contribution in [1.82, 2.24) is 9.55 Å². The molecule has 1 fully saturated rings. The number of benzene rings is 1. The van der Waals surface area contributed by atoms with E-state index in [-0.39, 0.29) is 5.54 Å². The van der Waals surface area contributed by atoms with Gasteiger partial charge in [-0.15, -0.1) is 0 Å². The summed E-state index contributed by atoms with van der Waals surface area (Å²) in [4.78, 5) is 19.4. The van der Waals surface area contributed by atoms with Crippen LogP contribution in [0.15, 0.2) is 23.2 Å². The Morgan fingerprint density at radius 3 is 2.79 bits per heavy atom. The monoisotopic (exact) mass is 255 g/mol. The second-order valence-corrected chi connectivity index (χ2v) is 5.36. The first kappa shape index (κ1) is 12.1. The van der Waals surface area contributed by atoms with Crippen LogP contribution in [0.5, 0.6) is 0 Å². The van der Waals surface area contributed by atoms with Crippen LogP contribution >= 0.6 is 0 Å². The van der Waals surface area contributed by atoms with Crippen molar-refractivity contribution < 1.29 is 4.79 Å². The van der Waals surface area contributed by atoms with Crippen LogP contribution in [0.1, 0.15) is 37.1 Å². The maximum Gasteiger partial charge on any atom is 0.235 e. The van der Waals surface area contributed by atoms with Crippen LogP contribution in [0.25, 0.3) is 11.0 Å². The minimum Gasteiger partial charge on any atom is -0.331 e. The molecule has 0 N–H and O–H groups in total. The fourth-order valence-electron chi connectivity index (χ4n) is 3.11. The highest BCUT2D eigenvalue weighted by atomic mass is 16.1. The van der Waals surface area contributed by atoms with E-state index in [2.05, 4.69) is 26.7 Å². The van der Waals surface area contributed by atoms with E-state index in [4.69, 9.17) is 0 Å². The summed E-state index contributed by atoms with van der Waals surface area (Å²) >= 11 is 0. The summed E-state index contributed by atoms with van der Waals surface area (Å²) in [6.45, 7) is 1.99. The molecule has 0 bridgehead atoms. The predicted molar refractivity (Wildman–Crippen MR) is 73.7 cm³/mol. The third-order valence-corrected chi connectivity index (χ3v) is 4.33. The second kappa shape index (κ2) is 4.32. The SMILES string of the molecule is Cc1nc2ccc(C3(N=C=O)CCCC3)cc2n1C. The number of aromatic nitrogens is 2. The Morgan fingerprint density at radius 1 is 1.37 bits per heavy atom. The van der Waals surface area contributed by atoms with Gasteiger partial charge in [-0.1, -0.05) is 18.9 Å². The summed E-state index contributed by atoms with van der Waals surface area (Å²) in [6, 6.07) is 6.21. The Labute approximate surface area is 112 Å². The van der Waals surface area contributed by atoms with Crippen molar-refractivity contribution in [3.63, 3.8) is 0 Å². The second-order valence-electron chi connectivity index (χ2n) is 5.36. The summed E-state index contributed by atoms with van der Waals surface area (Å²) in [5.41, 5.74) is 2.85. The molecule has 3 rings (SSSR count). The Kier molecular flexibility index (Phi) is 2.76. The van der Waals surface area contributed by atoms with Gasteiger partial charge in [0.25, 0.3) is 0 Å². The van der Waals surface area contributed by atoms with Gasteiger partial charge in [-0.25, -0.2) is 9.78 Å². The smallest absolute Gasteiger partial charge is 0.235 e. The van der Waals surface area contributed by atoms with Crippen LogP contribution in [-0.2, 0) is 17.4 Å². The van der Waals surface area contributed by atoms with E-state index in [1.165, 1.54) is 0 Å². The van der Waals surface area contributed by atoms with Crippen molar-refractivity contribution in [2.45, 2.75) is 38.1 Å². The highest BCUT2D eigenvalue weighted by Crippen LogP contribution is 2.42. The fraction of sp³-hybridized carbons (Fsp3) is 0.467. The number of isocyanates is 1. The first-order chi connectivity index (χ1) is 9.16. The molecule has 19 heavy (non-hydrogen) atoms. The Balaban J connectivity index is 2.19. The highest BCUT2D eigenvalue weighted by Gasteiger charge is 2.35. The highest BCUT2D eigenvalue weighted by molar-refractivity contribution is 5.77. The number of rotatable bonds is 2. The molecule has 2 aromatic rings. The van der Waals surface area contributed by atoms with E-state index < -0.39 is 0 Å². The van der Waals surface area contributed by atoms with E-state index in [1.807, 2.05) is 20.0 Å². The number of carbonyl (C=O) groups excluding carboxylic acids is 1. The van der Waals surface area contributed by atoms with Crippen LogP contribution in [0, 0.1) is 6.92 Å². The van der Waals surface area contributed by atoms with Crippen LogP contribution < -0.4 is 0 Å². The van der Waals surface area contributed by atoms with Crippen molar-refractivity contribution in [3.8, 4) is 0 Å². The Hall–Kier alpha value is -1.93. The molecule has 1 aromatic carbocycles. The summed E-state index contributed by atoms with van der Waals surface area (Å²) in [6.07, 6.45) is 5.88. The molecule has 0 aliphatic heterocycles. The van der Waals surface area contributed by atoms with Crippen molar-refractivity contribution in [3.05, 3.63) is 29.6 Å². The van der Waals surface area contributed by atoms with Gasteiger partial charge in [0.15, 0.2) is 0 Å². The zero-order valence-electron chi connectivity index (χ0n) is 11.3. The van der Waals surface area contributed by atoms with Crippen LogP contribution in [0.2, 0.25) is 0 Å². The molecule has 1 aliphatic rings. The topological polar surface area (TPSA) is 47.2 Å². The van der Waals surface area contributed by atoms with Crippen LogP contribution in [0.3, 0.4) is 0 Å². The molecular weight excluding hydrogens is 238 g/mol. The average molecular weight is 255 g/mol. The lowest BCUT2D eigenvalue weighted by molar-refractivity contribution is 0.456. The van der Waals surface area contributed by atoms with Gasteiger partial charge in [0, 0.05) is 7.05 Å². The van der Waals surface area contributed by atoms with Gasteiger partial charge in [0.05, 0.1) is 16.6 Å². The molecule has 1 aliphatic carbocycles. The molecule has 0 saturated heterocycles. The van der Waals surface area contributed by atoms with Crippen molar-refractivity contribution >= 4 is 17.1 Å². The van der Waals surface area contributed by atoms with E-state index in [0.29, 0.717) is 0 Å². The van der Waals surface area contributed by atoms with Crippen molar-refractivity contribution in [2.24, 2.45) is 12.0 Å². The maximum atomic E-state index is 10.8. The molecule has 98 valence electrons. The lowest BCUT2D eigenvalue weighted by atomic mass is 9.89. The van der Waals surface area contributed by atoms with E-state index in [0.717, 1.165) is 48.1 Å². The van der Waals surface area contributed by atoms with Gasteiger partial charge >= 0.3 is 0 Å². The maximum absolute atomic E-state index is 10.8. The zero-order valence-corrected chi connectivity index (χ0v) is 11.3. The number of hydrogen-bond acceptors (Lipinski definition) is 3. The lowest BCUT2D eigenvalue weighted by Gasteiger charge is -2.22. The summed E-state index contributed by atoms with van der Waals surface area (Å²) in [7, 11) is 2.01. The molecule has 0 spiro atoms. The van der Waals surface area contributed by atoms with Crippen molar-refractivity contribution in [2.75, 3.05) is 0 Å². The van der Waals surface area contributed by atoms with E-state index >= 15 is 0 Å². The van der Waals surface area contributed by atoms with Gasteiger partial charge in [-0.05, 0) is 37.5 Å². The first-order valence-corrected chi connectivity index (χ1v) is 6.69. The predicted octanol–water partition coefficient (Wildman–Crippen LogP) is 2.99. The van der Waals surface area contributed by atoms with Crippen molar-refractivity contribution in [1.29, 1.82) is 0 Å². The number of aryl methyl sites for hydroxylation is 2. The largest absolute Gasteiger partial charge is 0.331 e. The quantitative estimate of drug-likeness (QED) is 0.611.